The van der Waals surface area contributed by atoms with Crippen LogP contribution >= 0.6 is 0 Å². The lowest BCUT2D eigenvalue weighted by molar-refractivity contribution is -0.137. The van der Waals surface area contributed by atoms with Crippen molar-refractivity contribution >= 4 is 11.9 Å². The molecule has 0 spiro atoms. The first-order valence-electron chi connectivity index (χ1n) is 8.64. The molecule has 1 aliphatic heterocycles. The van der Waals surface area contributed by atoms with Gasteiger partial charge in [-0.3, -0.25) is 4.79 Å². The number of methoxy groups -OCH3 is 1. The van der Waals surface area contributed by atoms with E-state index in [-0.39, 0.29) is 17.0 Å². The highest BCUT2D eigenvalue weighted by molar-refractivity contribution is 5.87. The lowest BCUT2D eigenvalue weighted by atomic mass is 9.91. The highest BCUT2D eigenvalue weighted by Crippen LogP contribution is 2.34. The Labute approximate surface area is 143 Å². The van der Waals surface area contributed by atoms with Crippen LogP contribution in [0.4, 0.5) is 0 Å². The second-order valence-corrected chi connectivity index (χ2v) is 6.56. The Morgan fingerprint density at radius 1 is 1.29 bits per heavy atom. The summed E-state index contributed by atoms with van der Waals surface area (Å²) in [5.74, 6) is -0.765. The van der Waals surface area contributed by atoms with E-state index in [9.17, 15) is 9.59 Å². The third-order valence-electron chi connectivity index (χ3n) is 4.85. The molecule has 1 aromatic rings. The zero-order chi connectivity index (χ0) is 17.6. The van der Waals surface area contributed by atoms with Crippen LogP contribution in [0.2, 0.25) is 0 Å². The summed E-state index contributed by atoms with van der Waals surface area (Å²) in [7, 11) is 1.70. The fourth-order valence-corrected chi connectivity index (χ4v) is 3.74. The first kappa shape index (κ1) is 18.5. The average Bonchev–Trinajstić information content (AvgIpc) is 2.97. The third kappa shape index (κ3) is 4.15. The molecule has 5 heteroatoms. The van der Waals surface area contributed by atoms with Crippen molar-refractivity contribution in [3.05, 3.63) is 35.4 Å². The van der Waals surface area contributed by atoms with Gasteiger partial charge in [0.2, 0.25) is 5.91 Å². The average molecular weight is 333 g/mol. The van der Waals surface area contributed by atoms with Gasteiger partial charge in [0.1, 0.15) is 0 Å². The number of likely N-dealkylation sites (tertiary alicyclic amines) is 1. The molecule has 0 aliphatic carbocycles. The van der Waals surface area contributed by atoms with Gasteiger partial charge in [-0.05, 0) is 43.4 Å². The van der Waals surface area contributed by atoms with E-state index in [4.69, 9.17) is 9.84 Å². The Bertz CT molecular complexity index is 561. The van der Waals surface area contributed by atoms with Crippen molar-refractivity contribution in [3.8, 4) is 0 Å². The molecule has 1 saturated heterocycles. The summed E-state index contributed by atoms with van der Waals surface area (Å²) in [5, 5.41) is 8.92. The highest BCUT2D eigenvalue weighted by Gasteiger charge is 2.42. The van der Waals surface area contributed by atoms with Crippen molar-refractivity contribution in [2.45, 2.75) is 51.0 Å². The number of aryl methyl sites for hydroxylation is 1. The Hall–Kier alpha value is -1.88. The second-order valence-electron chi connectivity index (χ2n) is 6.56. The van der Waals surface area contributed by atoms with E-state index in [1.165, 1.54) is 0 Å². The molecule has 2 rings (SSSR count). The predicted octanol–water partition coefficient (Wildman–Crippen LogP) is 3.13. The van der Waals surface area contributed by atoms with Crippen LogP contribution in [0.3, 0.4) is 0 Å². The molecule has 1 fully saturated rings. The van der Waals surface area contributed by atoms with Crippen LogP contribution in [0.25, 0.3) is 0 Å². The fraction of sp³-hybridized carbons (Fsp3) is 0.579. The van der Waals surface area contributed by atoms with Crippen LogP contribution in [-0.2, 0) is 16.0 Å². The molecular formula is C19H27NO4. The maximum atomic E-state index is 12.7. The van der Waals surface area contributed by atoms with Gasteiger partial charge in [0, 0.05) is 20.1 Å². The van der Waals surface area contributed by atoms with E-state index < -0.39 is 5.97 Å². The molecule has 1 N–H and O–H groups in total. The number of nitrogens with zero attached hydrogens (tertiary/aromatic N) is 1. The highest BCUT2D eigenvalue weighted by atomic mass is 16.5. The number of carboxylic acids is 1. The number of hydrogen-bond donors (Lipinski definition) is 1. The minimum absolute atomic E-state index is 0.145. The van der Waals surface area contributed by atoms with Gasteiger partial charge >= 0.3 is 5.97 Å². The van der Waals surface area contributed by atoms with Crippen molar-refractivity contribution < 1.29 is 19.4 Å². The van der Waals surface area contributed by atoms with Crippen LogP contribution in [0, 0.1) is 0 Å². The Morgan fingerprint density at radius 2 is 2.00 bits per heavy atom. The first-order chi connectivity index (χ1) is 11.5. The van der Waals surface area contributed by atoms with Gasteiger partial charge in [0.25, 0.3) is 0 Å². The molecule has 0 aromatic heterocycles. The number of amides is 1. The van der Waals surface area contributed by atoms with Crippen molar-refractivity contribution in [1.29, 1.82) is 0 Å². The molecule has 1 heterocycles. The summed E-state index contributed by atoms with van der Waals surface area (Å²) in [6.45, 7) is 3.54. The van der Waals surface area contributed by atoms with Gasteiger partial charge in [-0.1, -0.05) is 25.5 Å². The number of carbonyl (C=O) groups is 2. The molecule has 1 amide bonds. The van der Waals surface area contributed by atoms with E-state index in [2.05, 4.69) is 6.92 Å². The maximum Gasteiger partial charge on any atom is 0.335 e. The summed E-state index contributed by atoms with van der Waals surface area (Å²) >= 11 is 0. The molecular weight excluding hydrogens is 306 g/mol. The molecule has 0 radical (unpaired) electrons. The second kappa shape index (κ2) is 8.29. The van der Waals surface area contributed by atoms with Gasteiger partial charge < -0.3 is 14.7 Å². The summed E-state index contributed by atoms with van der Waals surface area (Å²) in [6.07, 6.45) is 5.12. The van der Waals surface area contributed by atoms with Crippen molar-refractivity contribution in [3.63, 3.8) is 0 Å². The number of carbonyl (C=O) groups excluding carboxylic acids is 1. The van der Waals surface area contributed by atoms with Crippen molar-refractivity contribution in [1.82, 2.24) is 4.90 Å². The lowest BCUT2D eigenvalue weighted by Crippen LogP contribution is -2.50. The van der Waals surface area contributed by atoms with Crippen molar-refractivity contribution in [2.75, 3.05) is 20.3 Å². The number of ether oxygens (including phenoxy) is 1. The zero-order valence-electron chi connectivity index (χ0n) is 14.6. The number of hydrogen-bond acceptors (Lipinski definition) is 3. The van der Waals surface area contributed by atoms with Gasteiger partial charge in [-0.15, -0.1) is 0 Å². The smallest absolute Gasteiger partial charge is 0.335 e. The molecule has 1 atom stereocenters. The molecule has 5 nitrogen and oxygen atoms in total. The third-order valence-corrected chi connectivity index (χ3v) is 4.85. The molecule has 24 heavy (non-hydrogen) atoms. The Morgan fingerprint density at radius 3 is 2.58 bits per heavy atom. The van der Waals surface area contributed by atoms with Crippen LogP contribution in [-0.4, -0.2) is 47.7 Å². The summed E-state index contributed by atoms with van der Waals surface area (Å²) < 4.78 is 5.41. The number of aromatic carboxylic acids is 1. The van der Waals surface area contributed by atoms with Crippen LogP contribution in [0.1, 0.15) is 54.9 Å². The molecule has 1 aromatic carbocycles. The van der Waals surface area contributed by atoms with Crippen molar-refractivity contribution in [2.24, 2.45) is 0 Å². The first-order valence-corrected chi connectivity index (χ1v) is 8.64. The van der Waals surface area contributed by atoms with E-state index in [1.54, 1.807) is 31.4 Å². The monoisotopic (exact) mass is 333 g/mol. The van der Waals surface area contributed by atoms with E-state index in [0.717, 1.165) is 37.8 Å². The normalized spacial score (nSPS) is 20.3. The standard InChI is InChI=1S/C19H27NO4/c1-3-11-19(14-24-2)12-4-13-20(19)17(21)10-7-15-5-8-16(9-6-15)18(22)23/h5-6,8-9H,3-4,7,10-14H2,1-2H3,(H,22,23). The number of rotatable bonds is 8. The SMILES string of the molecule is CCCC1(COC)CCCN1C(=O)CCc1ccc(C(=O)O)cc1. The topological polar surface area (TPSA) is 66.8 Å². The quantitative estimate of drug-likeness (QED) is 0.794. The van der Waals surface area contributed by atoms with Crippen LogP contribution < -0.4 is 0 Å². The fourth-order valence-electron chi connectivity index (χ4n) is 3.74. The van der Waals surface area contributed by atoms with E-state index in [1.807, 2.05) is 4.90 Å². The zero-order valence-corrected chi connectivity index (χ0v) is 14.6. The Balaban J connectivity index is 1.99. The minimum atomic E-state index is -0.932. The molecule has 132 valence electrons. The van der Waals surface area contributed by atoms with Crippen LogP contribution in [0.15, 0.2) is 24.3 Å². The molecule has 0 bridgehead atoms. The van der Waals surface area contributed by atoms with Gasteiger partial charge in [0.05, 0.1) is 17.7 Å². The Kier molecular flexibility index (Phi) is 6.37. The molecule has 0 saturated carbocycles. The van der Waals surface area contributed by atoms with E-state index in [0.29, 0.717) is 19.4 Å². The minimum Gasteiger partial charge on any atom is -0.478 e. The summed E-state index contributed by atoms with van der Waals surface area (Å²) in [5.41, 5.74) is 1.11. The number of benzene rings is 1. The van der Waals surface area contributed by atoms with Crippen LogP contribution in [0.5, 0.6) is 0 Å². The van der Waals surface area contributed by atoms with E-state index >= 15 is 0 Å². The maximum absolute atomic E-state index is 12.7. The predicted molar refractivity (Wildman–Crippen MR) is 92.2 cm³/mol. The lowest BCUT2D eigenvalue weighted by Gasteiger charge is -2.38. The van der Waals surface area contributed by atoms with Gasteiger partial charge in [0.15, 0.2) is 0 Å². The van der Waals surface area contributed by atoms with Gasteiger partial charge in [-0.25, -0.2) is 4.79 Å². The number of carboxylic acid groups (broad SMARTS) is 1. The molecule has 1 aliphatic rings. The largest absolute Gasteiger partial charge is 0.478 e. The molecule has 1 unspecified atom stereocenters. The van der Waals surface area contributed by atoms with Gasteiger partial charge in [-0.2, -0.15) is 0 Å². The summed E-state index contributed by atoms with van der Waals surface area (Å²) in [4.78, 5) is 25.6. The summed E-state index contributed by atoms with van der Waals surface area (Å²) in [6, 6.07) is 6.75.